The number of carbonyl (C=O) groups is 1. The van der Waals surface area contributed by atoms with Gasteiger partial charge in [-0.3, -0.25) is 14.6 Å². The predicted octanol–water partition coefficient (Wildman–Crippen LogP) is 3.45. The van der Waals surface area contributed by atoms with E-state index in [9.17, 15) is 4.79 Å². The molecule has 0 radical (unpaired) electrons. The standard InChI is InChI=1S/C22H35N3O/c1-18(2)25-15-13-24(14-16-25)17-21(26)23-22(19-9-5-3-6-10-19)20-11-7-4-8-12-20/h3,5-6,9-10,18,20,22H,4,7-8,11-17H2,1-2H3,(H,23,26). The van der Waals surface area contributed by atoms with Gasteiger partial charge in [0.1, 0.15) is 0 Å². The van der Waals surface area contributed by atoms with Crippen LogP contribution in [0.25, 0.3) is 0 Å². The summed E-state index contributed by atoms with van der Waals surface area (Å²) in [5.74, 6) is 0.760. The number of hydrogen-bond acceptors (Lipinski definition) is 3. The van der Waals surface area contributed by atoms with Crippen molar-refractivity contribution in [1.82, 2.24) is 15.1 Å². The van der Waals surface area contributed by atoms with Gasteiger partial charge in [-0.25, -0.2) is 0 Å². The molecule has 1 saturated carbocycles. The average Bonchev–Trinajstić information content (AvgIpc) is 2.68. The minimum Gasteiger partial charge on any atom is -0.348 e. The van der Waals surface area contributed by atoms with Gasteiger partial charge in [0.2, 0.25) is 5.91 Å². The Bertz CT molecular complexity index is 546. The molecule has 1 aliphatic carbocycles. The zero-order valence-electron chi connectivity index (χ0n) is 16.5. The van der Waals surface area contributed by atoms with Crippen molar-refractivity contribution in [2.75, 3.05) is 32.7 Å². The zero-order chi connectivity index (χ0) is 18.4. The minimum atomic E-state index is 0.168. The maximum Gasteiger partial charge on any atom is 0.234 e. The summed E-state index contributed by atoms with van der Waals surface area (Å²) in [6.07, 6.45) is 6.38. The van der Waals surface area contributed by atoms with Crippen molar-refractivity contribution in [3.8, 4) is 0 Å². The van der Waals surface area contributed by atoms with E-state index in [4.69, 9.17) is 0 Å². The van der Waals surface area contributed by atoms with Gasteiger partial charge in [0.25, 0.3) is 0 Å². The molecule has 1 heterocycles. The molecule has 0 spiro atoms. The van der Waals surface area contributed by atoms with Crippen molar-refractivity contribution in [3.05, 3.63) is 35.9 Å². The summed E-state index contributed by atoms with van der Waals surface area (Å²) >= 11 is 0. The molecule has 1 unspecified atom stereocenters. The lowest BCUT2D eigenvalue weighted by atomic mass is 9.81. The molecule has 2 fully saturated rings. The highest BCUT2D eigenvalue weighted by atomic mass is 16.2. The Morgan fingerprint density at radius 2 is 1.69 bits per heavy atom. The van der Waals surface area contributed by atoms with Crippen LogP contribution in [-0.4, -0.2) is 54.5 Å². The lowest BCUT2D eigenvalue weighted by Crippen LogP contribution is -2.51. The van der Waals surface area contributed by atoms with Gasteiger partial charge >= 0.3 is 0 Å². The number of piperazine rings is 1. The number of benzene rings is 1. The molecule has 0 bridgehead atoms. The van der Waals surface area contributed by atoms with E-state index in [1.54, 1.807) is 0 Å². The van der Waals surface area contributed by atoms with Crippen LogP contribution in [0.2, 0.25) is 0 Å². The largest absolute Gasteiger partial charge is 0.348 e. The fourth-order valence-electron chi connectivity index (χ4n) is 4.46. The molecule has 1 aromatic carbocycles. The van der Waals surface area contributed by atoms with Crippen molar-refractivity contribution >= 4 is 5.91 Å². The highest BCUT2D eigenvalue weighted by Gasteiger charge is 2.27. The molecule has 1 aliphatic heterocycles. The summed E-state index contributed by atoms with van der Waals surface area (Å²) in [7, 11) is 0. The second-order valence-corrected chi connectivity index (χ2v) is 8.26. The van der Waals surface area contributed by atoms with Crippen LogP contribution in [0.4, 0.5) is 0 Å². The van der Waals surface area contributed by atoms with Gasteiger partial charge < -0.3 is 5.32 Å². The first-order valence-electron chi connectivity index (χ1n) is 10.4. The number of carbonyl (C=O) groups excluding carboxylic acids is 1. The van der Waals surface area contributed by atoms with Crippen LogP contribution >= 0.6 is 0 Å². The maximum atomic E-state index is 12.8. The first-order valence-corrected chi connectivity index (χ1v) is 10.4. The van der Waals surface area contributed by atoms with E-state index in [0.717, 1.165) is 26.2 Å². The average molecular weight is 358 g/mol. The van der Waals surface area contributed by atoms with Crippen LogP contribution in [0.1, 0.15) is 57.6 Å². The van der Waals surface area contributed by atoms with Crippen molar-refractivity contribution < 1.29 is 4.79 Å². The zero-order valence-corrected chi connectivity index (χ0v) is 16.5. The van der Waals surface area contributed by atoms with Crippen LogP contribution < -0.4 is 5.32 Å². The molecular weight excluding hydrogens is 322 g/mol. The molecule has 1 N–H and O–H groups in total. The third-order valence-electron chi connectivity index (χ3n) is 6.10. The van der Waals surface area contributed by atoms with Crippen molar-refractivity contribution in [3.63, 3.8) is 0 Å². The van der Waals surface area contributed by atoms with Crippen LogP contribution in [-0.2, 0) is 4.79 Å². The van der Waals surface area contributed by atoms with E-state index in [1.165, 1.54) is 37.7 Å². The molecule has 3 rings (SSSR count). The molecule has 4 heteroatoms. The smallest absolute Gasteiger partial charge is 0.234 e. The minimum absolute atomic E-state index is 0.168. The van der Waals surface area contributed by atoms with Gasteiger partial charge in [-0.15, -0.1) is 0 Å². The lowest BCUT2D eigenvalue weighted by Gasteiger charge is -2.37. The summed E-state index contributed by atoms with van der Waals surface area (Å²) in [6.45, 7) is 9.14. The summed E-state index contributed by atoms with van der Waals surface area (Å²) in [4.78, 5) is 17.6. The van der Waals surface area contributed by atoms with E-state index in [2.05, 4.69) is 59.3 Å². The maximum absolute atomic E-state index is 12.8. The van der Waals surface area contributed by atoms with Gasteiger partial charge in [0, 0.05) is 32.2 Å². The molecular formula is C22H35N3O. The predicted molar refractivity (Wildman–Crippen MR) is 107 cm³/mol. The summed E-state index contributed by atoms with van der Waals surface area (Å²) in [5.41, 5.74) is 1.26. The fraction of sp³-hybridized carbons (Fsp3) is 0.682. The molecule has 2 aliphatic rings. The second kappa shape index (κ2) is 9.52. The van der Waals surface area contributed by atoms with Crippen LogP contribution in [0.5, 0.6) is 0 Å². The number of rotatable bonds is 6. The summed E-state index contributed by atoms with van der Waals surface area (Å²) in [6, 6.07) is 11.3. The highest BCUT2D eigenvalue weighted by molar-refractivity contribution is 5.78. The SMILES string of the molecule is CC(C)N1CCN(CC(=O)NC(c2ccccc2)C2CCCCC2)CC1. The van der Waals surface area contributed by atoms with E-state index < -0.39 is 0 Å². The van der Waals surface area contributed by atoms with Crippen molar-refractivity contribution in [1.29, 1.82) is 0 Å². The number of nitrogens with zero attached hydrogens (tertiary/aromatic N) is 2. The molecule has 26 heavy (non-hydrogen) atoms. The Labute approximate surface area is 158 Å². The van der Waals surface area contributed by atoms with Crippen molar-refractivity contribution in [2.45, 2.75) is 58.0 Å². The Morgan fingerprint density at radius 1 is 1.04 bits per heavy atom. The van der Waals surface area contributed by atoms with Gasteiger partial charge in [-0.05, 0) is 38.2 Å². The Balaban J connectivity index is 1.57. The van der Waals surface area contributed by atoms with Crippen LogP contribution in [0.3, 0.4) is 0 Å². The van der Waals surface area contributed by atoms with Gasteiger partial charge in [-0.1, -0.05) is 49.6 Å². The Morgan fingerprint density at radius 3 is 2.31 bits per heavy atom. The fourth-order valence-corrected chi connectivity index (χ4v) is 4.46. The molecule has 1 aromatic rings. The first-order chi connectivity index (χ1) is 12.6. The monoisotopic (exact) mass is 357 g/mol. The summed E-state index contributed by atoms with van der Waals surface area (Å²) < 4.78 is 0. The van der Waals surface area contributed by atoms with Gasteiger partial charge in [0.05, 0.1) is 12.6 Å². The van der Waals surface area contributed by atoms with Gasteiger partial charge in [0.15, 0.2) is 0 Å². The van der Waals surface area contributed by atoms with E-state index in [1.807, 2.05) is 0 Å². The molecule has 4 nitrogen and oxygen atoms in total. The van der Waals surface area contributed by atoms with Crippen LogP contribution in [0, 0.1) is 5.92 Å². The molecule has 1 atom stereocenters. The van der Waals surface area contributed by atoms with Crippen LogP contribution in [0.15, 0.2) is 30.3 Å². The highest BCUT2D eigenvalue weighted by Crippen LogP contribution is 2.34. The van der Waals surface area contributed by atoms with Gasteiger partial charge in [-0.2, -0.15) is 0 Å². The quantitative estimate of drug-likeness (QED) is 0.847. The Hall–Kier alpha value is -1.39. The number of nitrogens with one attached hydrogen (secondary N) is 1. The summed E-state index contributed by atoms with van der Waals surface area (Å²) in [5, 5.41) is 3.39. The molecule has 1 amide bonds. The lowest BCUT2D eigenvalue weighted by molar-refractivity contribution is -0.124. The van der Waals surface area contributed by atoms with Crippen molar-refractivity contribution in [2.24, 2.45) is 5.92 Å². The number of amides is 1. The molecule has 144 valence electrons. The third-order valence-corrected chi connectivity index (χ3v) is 6.10. The van der Waals surface area contributed by atoms with E-state index in [-0.39, 0.29) is 11.9 Å². The van der Waals surface area contributed by atoms with E-state index >= 15 is 0 Å². The Kier molecular flexibility index (Phi) is 7.09. The van der Waals surface area contributed by atoms with E-state index in [0.29, 0.717) is 18.5 Å². The normalized spacial score (nSPS) is 21.7. The topological polar surface area (TPSA) is 35.6 Å². The second-order valence-electron chi connectivity index (χ2n) is 8.26. The number of hydrogen-bond donors (Lipinski definition) is 1. The molecule has 1 saturated heterocycles. The third kappa shape index (κ3) is 5.31. The first kappa shape index (κ1) is 19.4. The molecule has 0 aromatic heterocycles.